The molecule has 0 bridgehead atoms. The van der Waals surface area contributed by atoms with Crippen LogP contribution in [0.25, 0.3) is 0 Å². The first-order valence-corrected chi connectivity index (χ1v) is 10.1. The summed E-state index contributed by atoms with van der Waals surface area (Å²) in [6.45, 7) is 4.45. The monoisotopic (exact) mass is 478 g/mol. The molecule has 1 fully saturated rings. The minimum Gasteiger partial charge on any atom is -0.369 e. The number of rotatable bonds is 5. The molecular formula is C20H23IN4O2. The van der Waals surface area contributed by atoms with Crippen LogP contribution >= 0.6 is 22.6 Å². The summed E-state index contributed by atoms with van der Waals surface area (Å²) in [5.74, 6) is -0.490. The minimum atomic E-state index is -0.309. The number of para-hydroxylation sites is 1. The van der Waals surface area contributed by atoms with Crippen LogP contribution in [0.3, 0.4) is 0 Å². The van der Waals surface area contributed by atoms with Crippen LogP contribution in [-0.4, -0.2) is 49.4 Å². The number of halogens is 1. The van der Waals surface area contributed by atoms with E-state index in [2.05, 4.69) is 67.5 Å². The molecule has 0 unspecified atom stereocenters. The Balaban J connectivity index is 1.35. The molecule has 2 aromatic carbocycles. The maximum absolute atomic E-state index is 12.0. The molecule has 0 saturated carbocycles. The quantitative estimate of drug-likeness (QED) is 0.512. The molecule has 0 aliphatic carbocycles. The van der Waals surface area contributed by atoms with Crippen molar-refractivity contribution in [1.82, 2.24) is 15.8 Å². The number of carbonyl (C=O) groups excluding carboxylic acids is 2. The van der Waals surface area contributed by atoms with Gasteiger partial charge in [0.1, 0.15) is 0 Å². The third-order valence-corrected chi connectivity index (χ3v) is 5.29. The number of amides is 2. The molecule has 0 atom stereocenters. The van der Waals surface area contributed by atoms with Gasteiger partial charge in [-0.05, 0) is 59.0 Å². The van der Waals surface area contributed by atoms with E-state index in [4.69, 9.17) is 0 Å². The Kier molecular flexibility index (Phi) is 7.05. The Bertz CT molecular complexity index is 759. The van der Waals surface area contributed by atoms with Crippen molar-refractivity contribution in [2.75, 3.05) is 37.6 Å². The van der Waals surface area contributed by atoms with Crippen molar-refractivity contribution >= 4 is 40.1 Å². The van der Waals surface area contributed by atoms with Crippen molar-refractivity contribution in [3.63, 3.8) is 0 Å². The molecule has 1 heterocycles. The zero-order valence-corrected chi connectivity index (χ0v) is 17.2. The Hall–Kier alpha value is -2.13. The second-order valence-electron chi connectivity index (χ2n) is 6.42. The first-order valence-electron chi connectivity index (χ1n) is 8.99. The van der Waals surface area contributed by atoms with Crippen molar-refractivity contribution in [3.05, 3.63) is 63.7 Å². The van der Waals surface area contributed by atoms with Gasteiger partial charge in [0, 0.05) is 54.0 Å². The van der Waals surface area contributed by atoms with E-state index in [9.17, 15) is 9.59 Å². The van der Waals surface area contributed by atoms with Crippen molar-refractivity contribution in [2.24, 2.45) is 0 Å². The Labute approximate surface area is 173 Å². The summed E-state index contributed by atoms with van der Waals surface area (Å²) >= 11 is 2.18. The second kappa shape index (κ2) is 9.70. The van der Waals surface area contributed by atoms with E-state index in [1.54, 1.807) is 12.1 Å². The fourth-order valence-corrected chi connectivity index (χ4v) is 3.35. The van der Waals surface area contributed by atoms with Crippen LogP contribution in [-0.2, 0) is 4.79 Å². The lowest BCUT2D eigenvalue weighted by Gasteiger charge is -2.36. The third-order valence-electron chi connectivity index (χ3n) is 4.57. The highest BCUT2D eigenvalue weighted by Gasteiger charge is 2.17. The first kappa shape index (κ1) is 19.6. The summed E-state index contributed by atoms with van der Waals surface area (Å²) in [5.41, 5.74) is 6.72. The van der Waals surface area contributed by atoms with Crippen molar-refractivity contribution < 1.29 is 9.59 Å². The summed E-state index contributed by atoms with van der Waals surface area (Å²) in [5, 5.41) is 0. The molecule has 27 heavy (non-hydrogen) atoms. The van der Waals surface area contributed by atoms with Crippen molar-refractivity contribution in [3.8, 4) is 0 Å². The molecule has 2 aromatic rings. The normalized spacial score (nSPS) is 14.6. The first-order chi connectivity index (χ1) is 13.1. The maximum atomic E-state index is 12.0. The summed E-state index contributed by atoms with van der Waals surface area (Å²) in [6.07, 6.45) is 0.359. The van der Waals surface area contributed by atoms with Crippen molar-refractivity contribution in [2.45, 2.75) is 6.42 Å². The summed E-state index contributed by atoms with van der Waals surface area (Å²) < 4.78 is 1.06. The maximum Gasteiger partial charge on any atom is 0.269 e. The van der Waals surface area contributed by atoms with Gasteiger partial charge in [0.15, 0.2) is 0 Å². The van der Waals surface area contributed by atoms with Crippen LogP contribution in [0.2, 0.25) is 0 Å². The highest BCUT2D eigenvalue weighted by atomic mass is 127. The van der Waals surface area contributed by atoms with E-state index < -0.39 is 0 Å². The molecule has 7 heteroatoms. The number of anilines is 1. The van der Waals surface area contributed by atoms with Gasteiger partial charge >= 0.3 is 0 Å². The van der Waals surface area contributed by atoms with Crippen LogP contribution in [0.4, 0.5) is 5.69 Å². The average molecular weight is 478 g/mol. The van der Waals surface area contributed by atoms with E-state index >= 15 is 0 Å². The lowest BCUT2D eigenvalue weighted by molar-refractivity contribution is -0.122. The molecule has 1 saturated heterocycles. The largest absolute Gasteiger partial charge is 0.369 e. The van der Waals surface area contributed by atoms with Crippen LogP contribution < -0.4 is 15.8 Å². The average Bonchev–Trinajstić information content (AvgIpc) is 2.72. The smallest absolute Gasteiger partial charge is 0.269 e. The Morgan fingerprint density at radius 2 is 1.56 bits per heavy atom. The lowest BCUT2D eigenvalue weighted by Crippen LogP contribution is -2.48. The number of hydrogen-bond acceptors (Lipinski definition) is 4. The molecule has 3 rings (SSSR count). The van der Waals surface area contributed by atoms with Gasteiger partial charge in [0.05, 0.1) is 0 Å². The fourth-order valence-electron chi connectivity index (χ4n) is 2.99. The summed E-state index contributed by atoms with van der Waals surface area (Å²) in [7, 11) is 0. The van der Waals surface area contributed by atoms with Gasteiger partial charge in [-0.15, -0.1) is 0 Å². The van der Waals surface area contributed by atoms with Gasteiger partial charge in [0.2, 0.25) is 5.91 Å². The highest BCUT2D eigenvalue weighted by molar-refractivity contribution is 14.1. The van der Waals surface area contributed by atoms with Crippen LogP contribution in [0.1, 0.15) is 16.8 Å². The third kappa shape index (κ3) is 5.93. The molecule has 1 aliphatic rings. The molecule has 0 spiro atoms. The molecule has 6 nitrogen and oxygen atoms in total. The SMILES string of the molecule is O=C(CCN1CCN(c2ccccc2)CC1)NNC(=O)c1ccc(I)cc1. The molecule has 2 N–H and O–H groups in total. The number of nitrogens with zero attached hydrogens (tertiary/aromatic N) is 2. The Morgan fingerprint density at radius 3 is 2.22 bits per heavy atom. The second-order valence-corrected chi connectivity index (χ2v) is 7.67. The summed E-state index contributed by atoms with van der Waals surface area (Å²) in [4.78, 5) is 28.6. The molecule has 142 valence electrons. The Morgan fingerprint density at radius 1 is 0.889 bits per heavy atom. The fraction of sp³-hybridized carbons (Fsp3) is 0.300. The molecular weight excluding hydrogens is 455 g/mol. The number of benzene rings is 2. The zero-order valence-electron chi connectivity index (χ0n) is 15.0. The standard InChI is InChI=1S/C20H23IN4O2/c21-17-8-6-16(7-9-17)20(27)23-22-19(26)10-11-24-12-14-25(15-13-24)18-4-2-1-3-5-18/h1-9H,10-15H2,(H,22,26)(H,23,27). The highest BCUT2D eigenvalue weighted by Crippen LogP contribution is 2.15. The van der Waals surface area contributed by atoms with Crippen molar-refractivity contribution in [1.29, 1.82) is 0 Å². The predicted octanol–water partition coefficient (Wildman–Crippen LogP) is 2.26. The molecule has 0 aromatic heterocycles. The van der Waals surface area contributed by atoms with E-state index in [-0.39, 0.29) is 11.8 Å². The number of piperazine rings is 1. The van der Waals surface area contributed by atoms with Gasteiger partial charge in [-0.3, -0.25) is 25.3 Å². The number of nitrogens with one attached hydrogen (secondary N) is 2. The van der Waals surface area contributed by atoms with Gasteiger partial charge < -0.3 is 4.90 Å². The topological polar surface area (TPSA) is 64.7 Å². The van der Waals surface area contributed by atoms with Gasteiger partial charge in [-0.25, -0.2) is 0 Å². The summed E-state index contributed by atoms with van der Waals surface area (Å²) in [6, 6.07) is 17.5. The van der Waals surface area contributed by atoms with Crippen LogP contribution in [0, 0.1) is 3.57 Å². The van der Waals surface area contributed by atoms with E-state index in [0.29, 0.717) is 18.5 Å². The molecule has 0 radical (unpaired) electrons. The van der Waals surface area contributed by atoms with Gasteiger partial charge in [0.25, 0.3) is 5.91 Å². The predicted molar refractivity (Wildman–Crippen MR) is 114 cm³/mol. The molecule has 1 aliphatic heterocycles. The van der Waals surface area contributed by atoms with E-state index in [0.717, 1.165) is 29.7 Å². The minimum absolute atomic E-state index is 0.181. The lowest BCUT2D eigenvalue weighted by atomic mass is 10.2. The van der Waals surface area contributed by atoms with E-state index in [1.807, 2.05) is 18.2 Å². The molecule has 2 amide bonds. The van der Waals surface area contributed by atoms with E-state index in [1.165, 1.54) is 5.69 Å². The van der Waals surface area contributed by atoms with Crippen LogP contribution in [0.5, 0.6) is 0 Å². The van der Waals surface area contributed by atoms with Gasteiger partial charge in [-0.2, -0.15) is 0 Å². The number of hydrazine groups is 1. The number of hydrogen-bond donors (Lipinski definition) is 2. The van der Waals surface area contributed by atoms with Crippen LogP contribution in [0.15, 0.2) is 54.6 Å². The zero-order chi connectivity index (χ0) is 19.1. The van der Waals surface area contributed by atoms with Gasteiger partial charge in [-0.1, -0.05) is 18.2 Å². The number of carbonyl (C=O) groups is 2.